The molecule has 1 heterocycles. The Labute approximate surface area is 147 Å². The summed E-state index contributed by atoms with van der Waals surface area (Å²) in [7, 11) is 1.62. The summed E-state index contributed by atoms with van der Waals surface area (Å²) in [6.45, 7) is 2.54. The molecule has 3 aromatic rings. The van der Waals surface area contributed by atoms with Crippen molar-refractivity contribution in [2.24, 2.45) is 0 Å². The van der Waals surface area contributed by atoms with Crippen LogP contribution in [-0.4, -0.2) is 27.7 Å². The zero-order chi connectivity index (χ0) is 16.2. The zero-order valence-corrected chi connectivity index (χ0v) is 14.9. The van der Waals surface area contributed by atoms with Gasteiger partial charge in [-0.05, 0) is 52.4 Å². The molecular formula is C16H15IN4O2. The van der Waals surface area contributed by atoms with Gasteiger partial charge in [0.2, 0.25) is 5.82 Å². The summed E-state index contributed by atoms with van der Waals surface area (Å²) in [5, 5.41) is 14.0. The largest absolute Gasteiger partial charge is 0.493 e. The van der Waals surface area contributed by atoms with E-state index in [2.05, 4.69) is 74.4 Å². The Bertz CT molecular complexity index is 789. The van der Waals surface area contributed by atoms with Gasteiger partial charge in [-0.25, -0.2) is 0 Å². The van der Waals surface area contributed by atoms with Crippen molar-refractivity contribution >= 4 is 22.6 Å². The SMILES string of the molecule is COc1cc(-c2nn[nH]n2)cc(I)c1OCc1ccc(C)cc1. The molecule has 0 aliphatic rings. The number of ether oxygens (including phenoxy) is 2. The molecule has 0 unspecified atom stereocenters. The number of rotatable bonds is 5. The number of tetrazole rings is 1. The Kier molecular flexibility index (Phi) is 4.75. The summed E-state index contributed by atoms with van der Waals surface area (Å²) in [6, 6.07) is 12.0. The minimum absolute atomic E-state index is 0.480. The number of halogens is 1. The van der Waals surface area contributed by atoms with Crippen molar-refractivity contribution in [3.05, 3.63) is 51.1 Å². The topological polar surface area (TPSA) is 72.9 Å². The van der Waals surface area contributed by atoms with Crippen LogP contribution in [-0.2, 0) is 6.61 Å². The standard InChI is InChI=1S/C16H15IN4O2/c1-10-3-5-11(6-4-10)9-23-15-13(17)7-12(8-14(15)22-2)16-18-20-21-19-16/h3-8H,9H2,1-2H3,(H,18,19,20,21). The van der Waals surface area contributed by atoms with Crippen LogP contribution >= 0.6 is 22.6 Å². The number of nitrogens with zero attached hydrogens (tertiary/aromatic N) is 3. The van der Waals surface area contributed by atoms with E-state index in [0.717, 1.165) is 14.7 Å². The highest BCUT2D eigenvalue weighted by molar-refractivity contribution is 14.1. The minimum atomic E-state index is 0.480. The van der Waals surface area contributed by atoms with E-state index in [1.54, 1.807) is 7.11 Å². The molecule has 2 aromatic carbocycles. The summed E-state index contributed by atoms with van der Waals surface area (Å²) < 4.78 is 12.3. The average molecular weight is 422 g/mol. The molecule has 118 valence electrons. The van der Waals surface area contributed by atoms with Crippen molar-refractivity contribution in [1.29, 1.82) is 0 Å². The van der Waals surface area contributed by atoms with Crippen LogP contribution in [0.25, 0.3) is 11.4 Å². The van der Waals surface area contributed by atoms with Gasteiger partial charge in [0.25, 0.3) is 0 Å². The number of aromatic nitrogens is 4. The van der Waals surface area contributed by atoms with Crippen LogP contribution in [0.3, 0.4) is 0 Å². The second-order valence-corrected chi connectivity index (χ2v) is 6.16. The van der Waals surface area contributed by atoms with Gasteiger partial charge in [-0.15, -0.1) is 10.2 Å². The fourth-order valence-electron chi connectivity index (χ4n) is 2.11. The van der Waals surface area contributed by atoms with Gasteiger partial charge in [0.15, 0.2) is 11.5 Å². The van der Waals surface area contributed by atoms with Gasteiger partial charge in [0.05, 0.1) is 10.7 Å². The number of aryl methyl sites for hydroxylation is 1. The Balaban J connectivity index is 1.85. The molecule has 0 spiro atoms. The van der Waals surface area contributed by atoms with Gasteiger partial charge in [0, 0.05) is 5.56 Å². The average Bonchev–Trinajstić information content (AvgIpc) is 3.09. The number of H-pyrrole nitrogens is 1. The van der Waals surface area contributed by atoms with Gasteiger partial charge in [-0.1, -0.05) is 29.8 Å². The lowest BCUT2D eigenvalue weighted by Gasteiger charge is -2.14. The van der Waals surface area contributed by atoms with E-state index >= 15 is 0 Å². The van der Waals surface area contributed by atoms with Gasteiger partial charge in [0.1, 0.15) is 6.61 Å². The summed E-state index contributed by atoms with van der Waals surface area (Å²) >= 11 is 2.22. The second-order valence-electron chi connectivity index (χ2n) is 5.00. The summed E-state index contributed by atoms with van der Waals surface area (Å²) in [4.78, 5) is 0. The Morgan fingerprint density at radius 3 is 2.61 bits per heavy atom. The van der Waals surface area contributed by atoms with Gasteiger partial charge >= 0.3 is 0 Å². The Hall–Kier alpha value is -2.16. The smallest absolute Gasteiger partial charge is 0.204 e. The third-order valence-electron chi connectivity index (χ3n) is 3.34. The number of aromatic amines is 1. The molecule has 0 fully saturated rings. The maximum Gasteiger partial charge on any atom is 0.204 e. The lowest BCUT2D eigenvalue weighted by Crippen LogP contribution is -2.00. The van der Waals surface area contributed by atoms with E-state index in [1.165, 1.54) is 5.56 Å². The van der Waals surface area contributed by atoms with Crippen LogP contribution in [0.15, 0.2) is 36.4 Å². The first-order valence-electron chi connectivity index (χ1n) is 6.97. The van der Waals surface area contributed by atoms with E-state index in [9.17, 15) is 0 Å². The molecule has 0 atom stereocenters. The third-order valence-corrected chi connectivity index (χ3v) is 4.14. The molecule has 6 nitrogen and oxygen atoms in total. The minimum Gasteiger partial charge on any atom is -0.493 e. The Morgan fingerprint density at radius 1 is 1.17 bits per heavy atom. The quantitative estimate of drug-likeness (QED) is 0.639. The molecule has 3 rings (SSSR count). The van der Waals surface area contributed by atoms with Gasteiger partial charge in [-0.3, -0.25) is 0 Å². The normalized spacial score (nSPS) is 10.6. The van der Waals surface area contributed by atoms with E-state index in [4.69, 9.17) is 9.47 Å². The van der Waals surface area contributed by atoms with Crippen molar-refractivity contribution in [2.45, 2.75) is 13.5 Å². The van der Waals surface area contributed by atoms with Gasteiger partial charge in [-0.2, -0.15) is 5.21 Å². The van der Waals surface area contributed by atoms with E-state index < -0.39 is 0 Å². The first-order chi connectivity index (χ1) is 11.2. The van der Waals surface area contributed by atoms with Crippen LogP contribution in [0.1, 0.15) is 11.1 Å². The van der Waals surface area contributed by atoms with Crippen LogP contribution in [0.5, 0.6) is 11.5 Å². The highest BCUT2D eigenvalue weighted by Gasteiger charge is 2.14. The molecule has 1 N–H and O–H groups in total. The Morgan fingerprint density at radius 2 is 1.96 bits per heavy atom. The van der Waals surface area contributed by atoms with Crippen molar-refractivity contribution in [3.63, 3.8) is 0 Å². The highest BCUT2D eigenvalue weighted by Crippen LogP contribution is 2.36. The van der Waals surface area contributed by atoms with Crippen LogP contribution in [0, 0.1) is 10.5 Å². The molecular weight excluding hydrogens is 407 g/mol. The predicted octanol–water partition coefficient (Wildman–Crippen LogP) is 3.37. The van der Waals surface area contributed by atoms with Crippen molar-refractivity contribution in [3.8, 4) is 22.9 Å². The molecule has 0 bridgehead atoms. The van der Waals surface area contributed by atoms with E-state index in [-0.39, 0.29) is 0 Å². The maximum absolute atomic E-state index is 5.96. The molecule has 7 heteroatoms. The maximum atomic E-state index is 5.96. The zero-order valence-electron chi connectivity index (χ0n) is 12.7. The second kappa shape index (κ2) is 6.95. The molecule has 0 saturated carbocycles. The molecule has 23 heavy (non-hydrogen) atoms. The molecule has 0 saturated heterocycles. The molecule has 0 radical (unpaired) electrons. The predicted molar refractivity (Wildman–Crippen MR) is 94.4 cm³/mol. The monoisotopic (exact) mass is 422 g/mol. The fourth-order valence-corrected chi connectivity index (χ4v) is 2.87. The molecule has 0 aliphatic carbocycles. The number of benzene rings is 2. The summed E-state index contributed by atoms with van der Waals surface area (Å²) in [6.07, 6.45) is 0. The van der Waals surface area contributed by atoms with E-state index in [1.807, 2.05) is 12.1 Å². The van der Waals surface area contributed by atoms with E-state index in [0.29, 0.717) is 23.9 Å². The number of hydrogen-bond donors (Lipinski definition) is 1. The van der Waals surface area contributed by atoms with Crippen molar-refractivity contribution in [1.82, 2.24) is 20.6 Å². The molecule has 0 aliphatic heterocycles. The fraction of sp³-hybridized carbons (Fsp3) is 0.188. The first kappa shape index (κ1) is 15.7. The molecule has 0 amide bonds. The van der Waals surface area contributed by atoms with Crippen molar-refractivity contribution in [2.75, 3.05) is 7.11 Å². The number of nitrogens with one attached hydrogen (secondary N) is 1. The highest BCUT2D eigenvalue weighted by atomic mass is 127. The number of hydrogen-bond acceptors (Lipinski definition) is 5. The third kappa shape index (κ3) is 3.61. The van der Waals surface area contributed by atoms with Crippen LogP contribution in [0.4, 0.5) is 0 Å². The molecule has 1 aromatic heterocycles. The van der Waals surface area contributed by atoms with Gasteiger partial charge < -0.3 is 9.47 Å². The van der Waals surface area contributed by atoms with Crippen LogP contribution in [0.2, 0.25) is 0 Å². The van der Waals surface area contributed by atoms with Crippen LogP contribution < -0.4 is 9.47 Å². The lowest BCUT2D eigenvalue weighted by atomic mass is 10.1. The summed E-state index contributed by atoms with van der Waals surface area (Å²) in [5.41, 5.74) is 3.16. The van der Waals surface area contributed by atoms with Crippen molar-refractivity contribution < 1.29 is 9.47 Å². The summed E-state index contributed by atoms with van der Waals surface area (Å²) in [5.74, 6) is 1.87. The first-order valence-corrected chi connectivity index (χ1v) is 8.05. The number of methoxy groups -OCH3 is 1. The lowest BCUT2D eigenvalue weighted by molar-refractivity contribution is 0.282.